The minimum atomic E-state index is -2.89. The maximum Gasteiger partial charge on any atom is 0.255 e. The van der Waals surface area contributed by atoms with Crippen molar-refractivity contribution in [2.75, 3.05) is 35.2 Å². The van der Waals surface area contributed by atoms with Gasteiger partial charge in [0.15, 0.2) is 9.84 Å². The lowest BCUT2D eigenvalue weighted by molar-refractivity contribution is 0.102. The molecule has 0 radical (unpaired) electrons. The zero-order valence-electron chi connectivity index (χ0n) is 23.4. The first-order valence-corrected chi connectivity index (χ1v) is 15.8. The van der Waals surface area contributed by atoms with Crippen LogP contribution in [0.4, 0.5) is 11.4 Å². The number of anilines is 2. The monoisotopic (exact) mass is 579 g/mol. The van der Waals surface area contributed by atoms with Crippen molar-refractivity contribution in [3.05, 3.63) is 113 Å². The largest absolute Gasteiger partial charge is 0.381 e. The normalized spacial score (nSPS) is 15.0. The van der Waals surface area contributed by atoms with Crippen molar-refractivity contribution in [3.63, 3.8) is 0 Å². The van der Waals surface area contributed by atoms with Crippen molar-refractivity contribution in [2.24, 2.45) is 0 Å². The summed E-state index contributed by atoms with van der Waals surface area (Å²) in [5.74, 6) is 0.262. The van der Waals surface area contributed by atoms with E-state index in [9.17, 15) is 13.2 Å². The molecule has 42 heavy (non-hydrogen) atoms. The summed E-state index contributed by atoms with van der Waals surface area (Å²) in [6.07, 6.45) is 1.81. The van der Waals surface area contributed by atoms with E-state index in [4.69, 9.17) is 0 Å². The number of hydrogen-bond donors (Lipinski definition) is 3. The van der Waals surface area contributed by atoms with Gasteiger partial charge in [0.1, 0.15) is 0 Å². The van der Waals surface area contributed by atoms with Gasteiger partial charge >= 0.3 is 0 Å². The summed E-state index contributed by atoms with van der Waals surface area (Å²) in [6, 6.07) is 28.0. The third-order valence-corrected chi connectivity index (χ3v) is 9.36. The first kappa shape index (κ1) is 27.7. The van der Waals surface area contributed by atoms with Crippen LogP contribution in [-0.2, 0) is 22.9 Å². The molecule has 0 unspecified atom stereocenters. The Hall–Kier alpha value is -4.47. The van der Waals surface area contributed by atoms with Gasteiger partial charge in [-0.3, -0.25) is 14.8 Å². The molecule has 1 aliphatic heterocycles. The highest BCUT2D eigenvalue weighted by Crippen LogP contribution is 2.26. The molecule has 0 atom stereocenters. The summed E-state index contributed by atoms with van der Waals surface area (Å²) < 4.78 is 23.3. The molecule has 8 nitrogen and oxygen atoms in total. The van der Waals surface area contributed by atoms with E-state index in [2.05, 4.69) is 63.0 Å². The van der Waals surface area contributed by atoms with Crippen LogP contribution in [0.15, 0.2) is 91.1 Å². The van der Waals surface area contributed by atoms with Crippen LogP contribution in [0.25, 0.3) is 22.0 Å². The molecule has 6 rings (SSSR count). The summed E-state index contributed by atoms with van der Waals surface area (Å²) in [5.41, 5.74) is 8.93. The fourth-order valence-corrected chi connectivity index (χ4v) is 6.48. The highest BCUT2D eigenvalue weighted by atomic mass is 32.2. The molecule has 0 spiro atoms. The van der Waals surface area contributed by atoms with E-state index in [1.807, 2.05) is 60.8 Å². The Morgan fingerprint density at radius 3 is 2.36 bits per heavy atom. The van der Waals surface area contributed by atoms with Gasteiger partial charge in [-0.15, -0.1) is 0 Å². The lowest BCUT2D eigenvalue weighted by Crippen LogP contribution is -2.39. The maximum atomic E-state index is 12.9. The number of H-pyrrole nitrogens is 1. The number of rotatable bonds is 8. The van der Waals surface area contributed by atoms with E-state index in [-0.39, 0.29) is 17.4 Å². The Bertz CT molecular complexity index is 1820. The number of nitrogens with zero attached hydrogens (tertiary/aromatic N) is 2. The van der Waals surface area contributed by atoms with Crippen LogP contribution < -0.4 is 10.6 Å². The molecule has 0 saturated carbocycles. The number of aryl methyl sites for hydroxylation is 1. The molecule has 4 aromatic carbocycles. The molecule has 5 aromatic rings. The number of amides is 1. The molecule has 9 heteroatoms. The number of benzene rings is 4. The number of carbonyl (C=O) groups excluding carboxylic acids is 1. The summed E-state index contributed by atoms with van der Waals surface area (Å²) in [7, 11) is -2.89. The molecule has 3 N–H and O–H groups in total. The molecule has 0 bridgehead atoms. The number of fused-ring (bicyclic) bond motifs is 1. The second-order valence-corrected chi connectivity index (χ2v) is 13.1. The third-order valence-electron chi connectivity index (χ3n) is 7.75. The zero-order chi connectivity index (χ0) is 29.1. The van der Waals surface area contributed by atoms with Crippen LogP contribution in [0.3, 0.4) is 0 Å². The van der Waals surface area contributed by atoms with Crippen LogP contribution in [0.2, 0.25) is 0 Å². The van der Waals surface area contributed by atoms with Gasteiger partial charge in [0.25, 0.3) is 5.91 Å². The standard InChI is InChI=1S/C33H33N5O3S/c1-23-2-3-25(20-34-30-13-10-28-21-35-37-32(28)19-30)18-31(23)26-6-8-27(9-7-26)33(39)36-29-11-4-24(5-12-29)22-38-14-16-42(40,41)17-15-38/h2-13,18-19,21,34H,14-17,20,22H2,1H3,(H,35,37)(H,36,39). The smallest absolute Gasteiger partial charge is 0.255 e. The van der Waals surface area contributed by atoms with Gasteiger partial charge in [-0.2, -0.15) is 5.10 Å². The second kappa shape index (κ2) is 11.8. The summed E-state index contributed by atoms with van der Waals surface area (Å²) in [4.78, 5) is 15.1. The zero-order valence-corrected chi connectivity index (χ0v) is 24.2. The average molecular weight is 580 g/mol. The van der Waals surface area contributed by atoms with Gasteiger partial charge < -0.3 is 10.6 Å². The molecule has 1 aromatic heterocycles. The van der Waals surface area contributed by atoms with Crippen LogP contribution >= 0.6 is 0 Å². The van der Waals surface area contributed by atoms with Gasteiger partial charge in [-0.25, -0.2) is 8.42 Å². The fourth-order valence-electron chi connectivity index (χ4n) is 5.21. The van der Waals surface area contributed by atoms with Crippen LogP contribution in [0, 0.1) is 6.92 Å². The van der Waals surface area contributed by atoms with Gasteiger partial charge in [0.2, 0.25) is 0 Å². The van der Waals surface area contributed by atoms with Crippen molar-refractivity contribution < 1.29 is 13.2 Å². The van der Waals surface area contributed by atoms with Crippen LogP contribution in [0.1, 0.15) is 27.0 Å². The Morgan fingerprint density at radius 2 is 1.60 bits per heavy atom. The summed E-state index contributed by atoms with van der Waals surface area (Å²) in [6.45, 7) is 4.59. The predicted octanol–water partition coefficient (Wildman–Crippen LogP) is 5.63. The number of sulfone groups is 1. The van der Waals surface area contributed by atoms with Crippen molar-refractivity contribution in [1.82, 2.24) is 15.1 Å². The van der Waals surface area contributed by atoms with Gasteiger partial charge in [-0.1, -0.05) is 36.4 Å². The van der Waals surface area contributed by atoms with Crippen molar-refractivity contribution in [2.45, 2.75) is 20.0 Å². The Kier molecular flexibility index (Phi) is 7.78. The average Bonchev–Trinajstić information content (AvgIpc) is 3.47. The highest BCUT2D eigenvalue weighted by molar-refractivity contribution is 7.91. The molecule has 0 aliphatic carbocycles. The first-order valence-electron chi connectivity index (χ1n) is 14.0. The van der Waals surface area contributed by atoms with E-state index in [1.54, 1.807) is 0 Å². The maximum absolute atomic E-state index is 12.9. The SMILES string of the molecule is Cc1ccc(CNc2ccc3cn[nH]c3c2)cc1-c1ccc(C(=O)Nc2ccc(CN3CCS(=O)(=O)CC3)cc2)cc1. The van der Waals surface area contributed by atoms with Crippen LogP contribution in [-0.4, -0.2) is 54.0 Å². The van der Waals surface area contributed by atoms with E-state index in [1.165, 1.54) is 5.56 Å². The minimum absolute atomic E-state index is 0.167. The van der Waals surface area contributed by atoms with Crippen LogP contribution in [0.5, 0.6) is 0 Å². The molecule has 1 aliphatic rings. The Balaban J connectivity index is 1.06. The Labute approximate surface area is 245 Å². The first-order chi connectivity index (χ1) is 20.3. The minimum Gasteiger partial charge on any atom is -0.381 e. The van der Waals surface area contributed by atoms with E-state index >= 15 is 0 Å². The number of carbonyl (C=O) groups is 1. The van der Waals surface area contributed by atoms with Gasteiger partial charge in [0, 0.05) is 48.5 Å². The van der Waals surface area contributed by atoms with Crippen molar-refractivity contribution >= 4 is 38.0 Å². The number of aromatic amines is 1. The van der Waals surface area contributed by atoms with Crippen molar-refractivity contribution in [1.29, 1.82) is 0 Å². The van der Waals surface area contributed by atoms with E-state index < -0.39 is 9.84 Å². The molecule has 1 amide bonds. The second-order valence-electron chi connectivity index (χ2n) is 10.8. The Morgan fingerprint density at radius 1 is 0.881 bits per heavy atom. The van der Waals surface area contributed by atoms with E-state index in [0.717, 1.165) is 44.5 Å². The highest BCUT2D eigenvalue weighted by Gasteiger charge is 2.21. The molecular weight excluding hydrogens is 546 g/mol. The van der Waals surface area contributed by atoms with Gasteiger partial charge in [0.05, 0.1) is 23.2 Å². The molecule has 214 valence electrons. The topological polar surface area (TPSA) is 107 Å². The number of aromatic nitrogens is 2. The fraction of sp³-hybridized carbons (Fsp3) is 0.212. The number of hydrogen-bond acceptors (Lipinski definition) is 6. The quantitative estimate of drug-likeness (QED) is 0.220. The third kappa shape index (κ3) is 6.53. The van der Waals surface area contributed by atoms with E-state index in [0.29, 0.717) is 31.7 Å². The molecule has 1 saturated heterocycles. The molecule has 1 fully saturated rings. The molecule has 2 heterocycles. The lowest BCUT2D eigenvalue weighted by atomic mass is 9.97. The summed E-state index contributed by atoms with van der Waals surface area (Å²) in [5, 5.41) is 14.6. The predicted molar refractivity (Wildman–Crippen MR) is 168 cm³/mol. The number of nitrogens with one attached hydrogen (secondary N) is 3. The summed E-state index contributed by atoms with van der Waals surface area (Å²) >= 11 is 0. The van der Waals surface area contributed by atoms with Crippen molar-refractivity contribution in [3.8, 4) is 11.1 Å². The lowest BCUT2D eigenvalue weighted by Gasteiger charge is -2.26. The van der Waals surface area contributed by atoms with Gasteiger partial charge in [-0.05, 0) is 83.3 Å². The molecular formula is C33H33N5O3S.